The second-order valence-corrected chi connectivity index (χ2v) is 5.68. The van der Waals surface area contributed by atoms with Crippen molar-refractivity contribution in [2.24, 2.45) is 0 Å². The maximum atomic E-state index is 12.8. The lowest BCUT2D eigenvalue weighted by molar-refractivity contribution is 0.0555. The quantitative estimate of drug-likeness (QED) is 0.828. The summed E-state index contributed by atoms with van der Waals surface area (Å²) < 4.78 is 28.3. The molecule has 0 bridgehead atoms. The summed E-state index contributed by atoms with van der Waals surface area (Å²) >= 11 is 0. The topological polar surface area (TPSA) is 59.2 Å². The molecule has 9 heteroatoms. The Morgan fingerprint density at radius 1 is 1.29 bits per heavy atom. The number of alkyl halides is 2. The smallest absolute Gasteiger partial charge is 0.319 e. The number of piperazine rings is 1. The van der Waals surface area contributed by atoms with E-state index in [2.05, 4.69) is 10.1 Å². The van der Waals surface area contributed by atoms with E-state index >= 15 is 0 Å². The molecule has 2 aromatic heterocycles. The molecular weight excluding hydrogens is 318 g/mol. The molecule has 0 atom stereocenters. The van der Waals surface area contributed by atoms with E-state index in [4.69, 9.17) is 0 Å². The van der Waals surface area contributed by atoms with Crippen LogP contribution in [0.5, 0.6) is 0 Å². The maximum absolute atomic E-state index is 12.8. The molecule has 7 nitrogen and oxygen atoms in total. The summed E-state index contributed by atoms with van der Waals surface area (Å²) in [5.41, 5.74) is 0.582. The molecule has 3 rings (SSSR count). The van der Waals surface area contributed by atoms with E-state index in [0.717, 1.165) is 11.1 Å². The second kappa shape index (κ2) is 7.08. The Kier molecular flexibility index (Phi) is 4.89. The second-order valence-electron chi connectivity index (χ2n) is 5.68. The summed E-state index contributed by atoms with van der Waals surface area (Å²) in [5, 5.41) is 4.12. The molecule has 2 aromatic rings. The van der Waals surface area contributed by atoms with E-state index in [-0.39, 0.29) is 5.91 Å². The van der Waals surface area contributed by atoms with Crippen molar-refractivity contribution >= 4 is 5.91 Å². The zero-order valence-corrected chi connectivity index (χ0v) is 13.5. The first-order chi connectivity index (χ1) is 11.6. The molecule has 1 fully saturated rings. The number of aromatic nitrogens is 4. The molecule has 1 amide bonds. The van der Waals surface area contributed by atoms with Gasteiger partial charge in [0.2, 0.25) is 0 Å². The fraction of sp³-hybridized carbons (Fsp3) is 0.533. The number of rotatable bonds is 5. The van der Waals surface area contributed by atoms with E-state index in [1.807, 2.05) is 11.8 Å². The Balaban J connectivity index is 1.55. The number of carbonyl (C=O) groups excluding carboxylic acids is 1. The van der Waals surface area contributed by atoms with E-state index < -0.39 is 6.55 Å². The molecule has 0 saturated carbocycles. The van der Waals surface area contributed by atoms with Gasteiger partial charge in [-0.15, -0.1) is 0 Å². The highest BCUT2D eigenvalue weighted by atomic mass is 19.3. The molecule has 0 radical (unpaired) electrons. The SMILES string of the molecule is CCn1cc(C(=O)N2CCN(Cc3nccn3C(F)F)CC2)cn1. The summed E-state index contributed by atoms with van der Waals surface area (Å²) in [6.07, 6.45) is 5.99. The van der Waals surface area contributed by atoms with Gasteiger partial charge in [0.1, 0.15) is 5.82 Å². The number of halogens is 2. The van der Waals surface area contributed by atoms with Crippen LogP contribution in [0.4, 0.5) is 8.78 Å². The Morgan fingerprint density at radius 3 is 2.67 bits per heavy atom. The fourth-order valence-electron chi connectivity index (χ4n) is 2.78. The summed E-state index contributed by atoms with van der Waals surface area (Å²) in [5.74, 6) is 0.303. The van der Waals surface area contributed by atoms with Crippen LogP contribution in [0.3, 0.4) is 0 Å². The molecule has 130 valence electrons. The van der Waals surface area contributed by atoms with Crippen molar-refractivity contribution in [3.63, 3.8) is 0 Å². The number of hydrogen-bond acceptors (Lipinski definition) is 4. The molecule has 0 spiro atoms. The van der Waals surface area contributed by atoms with Gasteiger partial charge in [0.05, 0.1) is 18.3 Å². The van der Waals surface area contributed by atoms with Crippen LogP contribution >= 0.6 is 0 Å². The predicted octanol–water partition coefficient (Wildman–Crippen LogP) is 1.45. The maximum Gasteiger partial charge on any atom is 0.319 e. The van der Waals surface area contributed by atoms with Crippen LogP contribution in [0.15, 0.2) is 24.8 Å². The molecule has 24 heavy (non-hydrogen) atoms. The Labute approximate surface area is 138 Å². The summed E-state index contributed by atoms with van der Waals surface area (Å²) in [6, 6.07) is 0. The summed E-state index contributed by atoms with van der Waals surface area (Å²) in [4.78, 5) is 20.2. The van der Waals surface area contributed by atoms with Gasteiger partial charge in [-0.2, -0.15) is 13.9 Å². The molecule has 1 aliphatic rings. The molecule has 0 aromatic carbocycles. The summed E-state index contributed by atoms with van der Waals surface area (Å²) in [7, 11) is 0. The number of nitrogens with zero attached hydrogens (tertiary/aromatic N) is 6. The van der Waals surface area contributed by atoms with Crippen molar-refractivity contribution < 1.29 is 13.6 Å². The first-order valence-corrected chi connectivity index (χ1v) is 7.92. The molecule has 0 N–H and O–H groups in total. The largest absolute Gasteiger partial charge is 0.336 e. The lowest BCUT2D eigenvalue weighted by Gasteiger charge is -2.34. The van der Waals surface area contributed by atoms with Gasteiger partial charge in [0.25, 0.3) is 5.91 Å². The zero-order valence-electron chi connectivity index (χ0n) is 13.5. The van der Waals surface area contributed by atoms with Crippen molar-refractivity contribution in [2.45, 2.75) is 26.6 Å². The molecule has 1 aliphatic heterocycles. The van der Waals surface area contributed by atoms with Gasteiger partial charge in [-0.05, 0) is 6.92 Å². The van der Waals surface area contributed by atoms with E-state index in [9.17, 15) is 13.6 Å². The van der Waals surface area contributed by atoms with Crippen molar-refractivity contribution in [2.75, 3.05) is 26.2 Å². The highest BCUT2D eigenvalue weighted by Crippen LogP contribution is 2.15. The Hall–Kier alpha value is -2.29. The van der Waals surface area contributed by atoms with Crippen LogP contribution in [-0.2, 0) is 13.1 Å². The number of hydrogen-bond donors (Lipinski definition) is 0. The first-order valence-electron chi connectivity index (χ1n) is 7.92. The van der Waals surface area contributed by atoms with Crippen molar-refractivity contribution in [1.29, 1.82) is 0 Å². The third-order valence-electron chi connectivity index (χ3n) is 4.19. The molecule has 0 aliphatic carbocycles. The van der Waals surface area contributed by atoms with Crippen LogP contribution in [0, 0.1) is 0 Å². The number of carbonyl (C=O) groups is 1. The van der Waals surface area contributed by atoms with E-state index in [0.29, 0.717) is 44.1 Å². The average molecular weight is 338 g/mol. The average Bonchev–Trinajstić information content (AvgIpc) is 3.24. The molecule has 0 unspecified atom stereocenters. The third kappa shape index (κ3) is 3.45. The number of amides is 1. The minimum absolute atomic E-state index is 0.0385. The lowest BCUT2D eigenvalue weighted by atomic mass is 10.2. The standard InChI is InChI=1S/C15H20F2N6O/c1-2-22-10-12(9-19-22)14(24)21-7-5-20(6-8-21)11-13-18-3-4-23(13)15(16)17/h3-4,9-10,15H,2,5-8,11H2,1H3. The van der Waals surface area contributed by atoms with Gasteiger partial charge in [-0.3, -0.25) is 18.9 Å². The lowest BCUT2D eigenvalue weighted by Crippen LogP contribution is -2.48. The van der Waals surface area contributed by atoms with Gasteiger partial charge < -0.3 is 4.90 Å². The Bertz CT molecular complexity index is 690. The van der Waals surface area contributed by atoms with Gasteiger partial charge in [0.15, 0.2) is 0 Å². The minimum atomic E-state index is -2.58. The van der Waals surface area contributed by atoms with Crippen LogP contribution in [0.1, 0.15) is 29.7 Å². The van der Waals surface area contributed by atoms with Gasteiger partial charge >= 0.3 is 6.55 Å². The Morgan fingerprint density at radius 2 is 2.04 bits per heavy atom. The van der Waals surface area contributed by atoms with Crippen LogP contribution in [0.2, 0.25) is 0 Å². The highest BCUT2D eigenvalue weighted by molar-refractivity contribution is 5.93. The van der Waals surface area contributed by atoms with E-state index in [1.165, 1.54) is 12.4 Å². The zero-order chi connectivity index (χ0) is 17.1. The van der Waals surface area contributed by atoms with Gasteiger partial charge in [-0.25, -0.2) is 4.98 Å². The molecule has 1 saturated heterocycles. The predicted molar refractivity (Wildman–Crippen MR) is 82.6 cm³/mol. The molecular formula is C15H20F2N6O. The minimum Gasteiger partial charge on any atom is -0.336 e. The van der Waals surface area contributed by atoms with E-state index in [1.54, 1.807) is 22.0 Å². The van der Waals surface area contributed by atoms with Crippen LogP contribution < -0.4 is 0 Å². The summed E-state index contributed by atoms with van der Waals surface area (Å²) in [6.45, 7) is 2.83. The van der Waals surface area contributed by atoms with Gasteiger partial charge in [-0.1, -0.05) is 0 Å². The number of aryl methyl sites for hydroxylation is 1. The van der Waals surface area contributed by atoms with Crippen LogP contribution in [0.25, 0.3) is 0 Å². The first kappa shape index (κ1) is 16.6. The van der Waals surface area contributed by atoms with Crippen molar-refractivity contribution in [3.8, 4) is 0 Å². The van der Waals surface area contributed by atoms with Gasteiger partial charge in [0, 0.05) is 51.3 Å². The monoisotopic (exact) mass is 338 g/mol. The third-order valence-corrected chi connectivity index (χ3v) is 4.19. The van der Waals surface area contributed by atoms with Crippen molar-refractivity contribution in [1.82, 2.24) is 29.1 Å². The number of imidazole rings is 1. The van der Waals surface area contributed by atoms with Crippen molar-refractivity contribution in [3.05, 3.63) is 36.2 Å². The normalized spacial score (nSPS) is 16.1. The highest BCUT2D eigenvalue weighted by Gasteiger charge is 2.24. The fourth-order valence-corrected chi connectivity index (χ4v) is 2.78. The van der Waals surface area contributed by atoms with Crippen LogP contribution in [-0.4, -0.2) is 61.2 Å². The molecule has 3 heterocycles.